The van der Waals surface area contributed by atoms with Gasteiger partial charge in [0.2, 0.25) is 0 Å². The second kappa shape index (κ2) is 10.0. The molecule has 0 aliphatic carbocycles. The van der Waals surface area contributed by atoms with Gasteiger partial charge in [-0.15, -0.1) is 11.3 Å². The molecule has 0 fully saturated rings. The lowest BCUT2D eigenvalue weighted by Gasteiger charge is -2.28. The van der Waals surface area contributed by atoms with Crippen LogP contribution >= 0.6 is 22.9 Å². The van der Waals surface area contributed by atoms with E-state index in [0.29, 0.717) is 10.6 Å². The number of benzene rings is 3. The van der Waals surface area contributed by atoms with Crippen LogP contribution in [0.25, 0.3) is 42.8 Å². The normalized spacial score (nSPS) is 13.1. The Kier molecular flexibility index (Phi) is 7.04. The molecule has 0 saturated heterocycles. The van der Waals surface area contributed by atoms with Crippen molar-refractivity contribution >= 4 is 50.0 Å². The van der Waals surface area contributed by atoms with E-state index in [1.807, 2.05) is 69.8 Å². The summed E-state index contributed by atoms with van der Waals surface area (Å²) in [5.41, 5.74) is 6.41. The first kappa shape index (κ1) is 27.3. The van der Waals surface area contributed by atoms with Crippen molar-refractivity contribution in [3.8, 4) is 21.7 Å². The van der Waals surface area contributed by atoms with Gasteiger partial charge >= 0.3 is 5.97 Å². The number of aryl methyl sites for hydroxylation is 2. The van der Waals surface area contributed by atoms with E-state index in [1.54, 1.807) is 11.3 Å². The number of hydrogen-bond acceptors (Lipinski definition) is 5. The highest BCUT2D eigenvalue weighted by atomic mass is 35.5. The van der Waals surface area contributed by atoms with Crippen LogP contribution in [0.1, 0.15) is 63.5 Å². The van der Waals surface area contributed by atoms with Crippen LogP contribution in [0.15, 0.2) is 48.5 Å². The largest absolute Gasteiger partial charge is 0.479 e. The van der Waals surface area contributed by atoms with E-state index in [4.69, 9.17) is 26.4 Å². The maximum Gasteiger partial charge on any atom is 0.337 e. The maximum absolute atomic E-state index is 12.6. The van der Waals surface area contributed by atoms with E-state index in [0.717, 1.165) is 54.1 Å². The molecule has 202 valence electrons. The number of carboxylic acids is 1. The smallest absolute Gasteiger partial charge is 0.337 e. The number of nitrogens with zero attached hydrogens (tertiary/aromatic N) is 3. The van der Waals surface area contributed by atoms with Gasteiger partial charge in [-0.05, 0) is 81.1 Å². The summed E-state index contributed by atoms with van der Waals surface area (Å²) in [4.78, 5) is 17.6. The molecule has 8 heteroatoms. The highest BCUT2D eigenvalue weighted by Crippen LogP contribution is 2.44. The van der Waals surface area contributed by atoms with Crippen molar-refractivity contribution in [1.82, 2.24) is 14.8 Å². The van der Waals surface area contributed by atoms with Crippen molar-refractivity contribution in [2.45, 2.75) is 59.2 Å². The zero-order valence-corrected chi connectivity index (χ0v) is 24.7. The van der Waals surface area contributed by atoms with Crippen LogP contribution in [-0.2, 0) is 16.6 Å². The Morgan fingerprint density at radius 2 is 1.74 bits per heavy atom. The van der Waals surface area contributed by atoms with E-state index >= 15 is 0 Å². The number of hydrogen-bond donors (Lipinski definition) is 1. The molecule has 0 spiro atoms. The van der Waals surface area contributed by atoms with Gasteiger partial charge in [0.25, 0.3) is 0 Å². The van der Waals surface area contributed by atoms with Crippen molar-refractivity contribution in [3.63, 3.8) is 0 Å². The maximum atomic E-state index is 12.6. The number of fused-ring (bicyclic) bond motifs is 2. The lowest BCUT2D eigenvalue weighted by molar-refractivity contribution is -0.160. The quantitative estimate of drug-likeness (QED) is 0.225. The summed E-state index contributed by atoms with van der Waals surface area (Å²) < 4.78 is 8.96. The van der Waals surface area contributed by atoms with Gasteiger partial charge in [0.05, 0.1) is 27.0 Å². The van der Waals surface area contributed by atoms with Gasteiger partial charge in [-0.25, -0.2) is 9.78 Å². The number of aromatic nitrogens is 3. The fraction of sp³-hybridized carbons (Fsp3) is 0.323. The first-order valence-corrected chi connectivity index (χ1v) is 14.1. The number of thiazole rings is 1. The molecule has 1 atom stereocenters. The molecule has 2 heterocycles. The number of carbonyl (C=O) groups is 1. The van der Waals surface area contributed by atoms with Crippen molar-refractivity contribution in [2.75, 3.05) is 0 Å². The molecule has 1 unspecified atom stereocenters. The van der Waals surface area contributed by atoms with Crippen molar-refractivity contribution in [3.05, 3.63) is 70.4 Å². The van der Waals surface area contributed by atoms with Crippen LogP contribution in [0.5, 0.6) is 0 Å². The minimum atomic E-state index is -1.15. The summed E-state index contributed by atoms with van der Waals surface area (Å²) in [6, 6.07) is 15.8. The van der Waals surface area contributed by atoms with Crippen LogP contribution in [-0.4, -0.2) is 31.4 Å². The average molecular weight is 562 g/mol. The summed E-state index contributed by atoms with van der Waals surface area (Å²) in [6.45, 7) is 11.8. The molecule has 0 aliphatic rings. The molecule has 6 nitrogen and oxygen atoms in total. The first-order valence-electron chi connectivity index (χ1n) is 12.9. The predicted octanol–water partition coefficient (Wildman–Crippen LogP) is 8.54. The Labute approximate surface area is 237 Å². The number of ether oxygens (including phenoxy) is 1. The molecule has 5 aromatic rings. The second-order valence-corrected chi connectivity index (χ2v) is 12.6. The third-order valence-corrected chi connectivity index (χ3v) is 8.08. The molecule has 0 radical (unpaired) electrons. The topological polar surface area (TPSA) is 77.2 Å². The van der Waals surface area contributed by atoms with Crippen LogP contribution in [0.2, 0.25) is 5.02 Å². The third kappa shape index (κ3) is 5.19. The number of aliphatic carboxylic acids is 1. The van der Waals surface area contributed by atoms with E-state index in [-0.39, 0.29) is 5.92 Å². The van der Waals surface area contributed by atoms with Crippen molar-refractivity contribution in [2.24, 2.45) is 7.05 Å². The predicted molar refractivity (Wildman–Crippen MR) is 160 cm³/mol. The molecule has 2 aromatic heterocycles. The van der Waals surface area contributed by atoms with Gasteiger partial charge in [-0.2, -0.15) is 5.10 Å². The fourth-order valence-corrected chi connectivity index (χ4v) is 6.26. The molecule has 0 bridgehead atoms. The second-order valence-electron chi connectivity index (χ2n) is 11.2. The summed E-state index contributed by atoms with van der Waals surface area (Å²) in [6.07, 6.45) is -1.15. The minimum Gasteiger partial charge on any atom is -0.479 e. The number of halogens is 1. The Bertz CT molecular complexity index is 1710. The van der Waals surface area contributed by atoms with E-state index in [9.17, 15) is 9.90 Å². The Hall–Kier alpha value is -3.26. The molecule has 5 rings (SSSR count). The summed E-state index contributed by atoms with van der Waals surface area (Å²) in [7, 11) is 1.97. The van der Waals surface area contributed by atoms with Crippen LogP contribution in [0.3, 0.4) is 0 Å². The van der Waals surface area contributed by atoms with E-state index in [1.165, 1.54) is 0 Å². The van der Waals surface area contributed by atoms with Crippen molar-refractivity contribution in [1.29, 1.82) is 0 Å². The van der Waals surface area contributed by atoms with E-state index < -0.39 is 17.7 Å². The molecular formula is C31H32ClN3O3S. The highest BCUT2D eigenvalue weighted by molar-refractivity contribution is 7.22. The molecule has 1 N–H and O–H groups in total. The monoisotopic (exact) mass is 561 g/mol. The van der Waals surface area contributed by atoms with Gasteiger partial charge in [-0.3, -0.25) is 4.68 Å². The molecule has 0 aliphatic heterocycles. The van der Waals surface area contributed by atoms with Crippen molar-refractivity contribution < 1.29 is 14.6 Å². The Morgan fingerprint density at radius 3 is 2.36 bits per heavy atom. The minimum absolute atomic E-state index is 0.289. The SMILES string of the molecule is Cc1cc2nc(-c3ccc4c(c3)c(C(C)C)nn4C)sc2c(-c2ccc(Cl)cc2)c1C(OC(C)(C)C)C(=O)O. The zero-order chi connectivity index (χ0) is 28.2. The van der Waals surface area contributed by atoms with Gasteiger partial charge < -0.3 is 9.84 Å². The molecule has 39 heavy (non-hydrogen) atoms. The molecular weight excluding hydrogens is 530 g/mol. The van der Waals surface area contributed by atoms with Gasteiger partial charge in [0.1, 0.15) is 5.01 Å². The Morgan fingerprint density at radius 1 is 1.08 bits per heavy atom. The summed E-state index contributed by atoms with van der Waals surface area (Å²) >= 11 is 7.78. The van der Waals surface area contributed by atoms with Gasteiger partial charge in [0.15, 0.2) is 6.10 Å². The first-order chi connectivity index (χ1) is 18.3. The third-order valence-electron chi connectivity index (χ3n) is 6.69. The van der Waals surface area contributed by atoms with Gasteiger partial charge in [-0.1, -0.05) is 37.6 Å². The zero-order valence-electron chi connectivity index (χ0n) is 23.2. The average Bonchev–Trinajstić information content (AvgIpc) is 3.42. The fourth-order valence-electron chi connectivity index (χ4n) is 5.01. The van der Waals surface area contributed by atoms with E-state index in [2.05, 4.69) is 32.0 Å². The van der Waals surface area contributed by atoms with Crippen LogP contribution in [0, 0.1) is 6.92 Å². The summed E-state index contributed by atoms with van der Waals surface area (Å²) in [5.74, 6) is -0.743. The summed E-state index contributed by atoms with van der Waals surface area (Å²) in [5, 5.41) is 17.6. The lowest BCUT2D eigenvalue weighted by Crippen LogP contribution is -2.28. The van der Waals surface area contributed by atoms with Gasteiger partial charge in [0, 0.05) is 34.1 Å². The number of carboxylic acid groups (broad SMARTS) is 1. The van der Waals surface area contributed by atoms with Crippen LogP contribution < -0.4 is 0 Å². The lowest BCUT2D eigenvalue weighted by atomic mass is 9.91. The molecule has 0 amide bonds. The molecule has 0 saturated carbocycles. The molecule has 3 aromatic carbocycles. The highest BCUT2D eigenvalue weighted by Gasteiger charge is 2.32. The Balaban J connectivity index is 1.78. The van der Waals surface area contributed by atoms with Crippen LogP contribution in [0.4, 0.5) is 0 Å². The standard InChI is InChI=1S/C31H32ClN3O3S/c1-16(2)26-21-15-19(10-13-23(21)35(7)34-26)29-33-22-14-17(3)24(27(30(36)37)38-31(4,5)6)25(28(22)39-29)18-8-11-20(32)12-9-18/h8-16,27H,1-7H3,(H,36,37). The number of rotatable bonds is 6.